The first-order chi connectivity index (χ1) is 8.15. The summed E-state index contributed by atoms with van der Waals surface area (Å²) in [6, 6.07) is 1.95. The van der Waals surface area contributed by atoms with Gasteiger partial charge in [0.05, 0.1) is 6.10 Å². The summed E-state index contributed by atoms with van der Waals surface area (Å²) in [5, 5.41) is 22.1. The zero-order valence-electron chi connectivity index (χ0n) is 9.55. The molecule has 0 aromatic carbocycles. The Morgan fingerprint density at radius 2 is 2.41 bits per heavy atom. The Labute approximate surface area is 99.3 Å². The van der Waals surface area contributed by atoms with Crippen LogP contribution in [0.4, 0.5) is 5.82 Å². The zero-order chi connectivity index (χ0) is 12.3. The van der Waals surface area contributed by atoms with E-state index in [1.165, 1.54) is 12.4 Å². The summed E-state index contributed by atoms with van der Waals surface area (Å²) in [7, 11) is 0. The van der Waals surface area contributed by atoms with Crippen LogP contribution in [0.3, 0.4) is 0 Å². The van der Waals surface area contributed by atoms with Gasteiger partial charge in [-0.05, 0) is 6.92 Å². The number of nitrogens with one attached hydrogen (secondary N) is 1. The van der Waals surface area contributed by atoms with E-state index in [0.29, 0.717) is 25.4 Å². The van der Waals surface area contributed by atoms with Crippen molar-refractivity contribution in [2.45, 2.75) is 25.0 Å². The molecule has 1 aliphatic heterocycles. The molecule has 2 heterocycles. The Kier molecular flexibility index (Phi) is 3.22. The van der Waals surface area contributed by atoms with Crippen LogP contribution < -0.4 is 5.32 Å². The van der Waals surface area contributed by atoms with Gasteiger partial charge in [-0.3, -0.25) is 0 Å². The molecule has 17 heavy (non-hydrogen) atoms. The molecule has 1 aromatic rings. The number of anilines is 1. The van der Waals surface area contributed by atoms with E-state index in [1.54, 1.807) is 0 Å². The van der Waals surface area contributed by atoms with Crippen LogP contribution in [0.25, 0.3) is 0 Å². The number of nitrogens with zero attached hydrogens (tertiary/aromatic N) is 3. The molecule has 90 valence electrons. The second-order valence-corrected chi connectivity index (χ2v) is 4.09. The largest absolute Gasteiger partial charge is 0.385 e. The topological polar surface area (TPSA) is 91.1 Å². The van der Waals surface area contributed by atoms with Crippen molar-refractivity contribution >= 4 is 5.82 Å². The second-order valence-electron chi connectivity index (χ2n) is 4.09. The molecule has 0 saturated carbocycles. The van der Waals surface area contributed by atoms with Crippen LogP contribution in [0, 0.1) is 11.3 Å². The van der Waals surface area contributed by atoms with Crippen molar-refractivity contribution in [3.63, 3.8) is 0 Å². The number of ether oxygens (including phenoxy) is 1. The third-order valence-corrected chi connectivity index (χ3v) is 3.03. The maximum absolute atomic E-state index is 10.3. The minimum Gasteiger partial charge on any atom is -0.385 e. The van der Waals surface area contributed by atoms with Gasteiger partial charge >= 0.3 is 0 Å². The van der Waals surface area contributed by atoms with Crippen LogP contribution in [0.1, 0.15) is 19.0 Å². The summed E-state index contributed by atoms with van der Waals surface area (Å²) in [6.45, 7) is 2.67. The van der Waals surface area contributed by atoms with Gasteiger partial charge in [-0.2, -0.15) is 5.26 Å². The standard InChI is InChI=1S/C11H14N4O2/c1-8-11(16,2-5-17-8)7-15-10-9(6-12)13-3-4-14-10/h3-4,8,16H,2,5,7H2,1H3,(H,14,15). The Bertz CT molecular complexity index is 445. The van der Waals surface area contributed by atoms with Crippen LogP contribution in [0.2, 0.25) is 0 Å². The fourth-order valence-corrected chi connectivity index (χ4v) is 1.79. The quantitative estimate of drug-likeness (QED) is 0.781. The Morgan fingerprint density at radius 3 is 3.06 bits per heavy atom. The normalized spacial score (nSPS) is 27.7. The lowest BCUT2D eigenvalue weighted by Crippen LogP contribution is -2.43. The summed E-state index contributed by atoms with van der Waals surface area (Å²) in [6.07, 6.45) is 3.31. The highest BCUT2D eigenvalue weighted by Crippen LogP contribution is 2.25. The van der Waals surface area contributed by atoms with Crippen molar-refractivity contribution < 1.29 is 9.84 Å². The number of aliphatic hydroxyl groups is 1. The van der Waals surface area contributed by atoms with E-state index >= 15 is 0 Å². The number of hydrogen-bond donors (Lipinski definition) is 2. The zero-order valence-corrected chi connectivity index (χ0v) is 9.55. The van der Waals surface area contributed by atoms with E-state index in [4.69, 9.17) is 10.00 Å². The van der Waals surface area contributed by atoms with E-state index in [2.05, 4.69) is 15.3 Å². The Morgan fingerprint density at radius 1 is 1.65 bits per heavy atom. The molecule has 0 radical (unpaired) electrons. The monoisotopic (exact) mass is 234 g/mol. The number of hydrogen-bond acceptors (Lipinski definition) is 6. The molecule has 0 aliphatic carbocycles. The van der Waals surface area contributed by atoms with Gasteiger partial charge in [-0.25, -0.2) is 9.97 Å². The minimum absolute atomic E-state index is 0.225. The van der Waals surface area contributed by atoms with Crippen LogP contribution in [0.15, 0.2) is 12.4 Å². The van der Waals surface area contributed by atoms with Gasteiger partial charge in [0.2, 0.25) is 0 Å². The summed E-state index contributed by atoms with van der Waals surface area (Å²) in [4.78, 5) is 7.90. The third-order valence-electron chi connectivity index (χ3n) is 3.03. The van der Waals surface area contributed by atoms with Crippen LogP contribution in [-0.4, -0.2) is 39.9 Å². The number of aromatic nitrogens is 2. The molecule has 2 N–H and O–H groups in total. The predicted octanol–water partition coefficient (Wildman–Crippen LogP) is 0.300. The molecular weight excluding hydrogens is 220 g/mol. The first-order valence-corrected chi connectivity index (χ1v) is 5.45. The van der Waals surface area contributed by atoms with E-state index < -0.39 is 5.60 Å². The summed E-state index contributed by atoms with van der Waals surface area (Å²) in [5.41, 5.74) is -0.688. The number of rotatable bonds is 3. The third kappa shape index (κ3) is 2.35. The molecule has 2 atom stereocenters. The molecule has 0 amide bonds. The molecule has 2 rings (SSSR count). The van der Waals surface area contributed by atoms with Crippen LogP contribution >= 0.6 is 0 Å². The van der Waals surface area contributed by atoms with Gasteiger partial charge in [0.1, 0.15) is 11.7 Å². The summed E-state index contributed by atoms with van der Waals surface area (Å²) < 4.78 is 5.32. The average molecular weight is 234 g/mol. The molecule has 0 bridgehead atoms. The van der Waals surface area contributed by atoms with Crippen LogP contribution in [-0.2, 0) is 4.74 Å². The summed E-state index contributed by atoms with van der Waals surface area (Å²) >= 11 is 0. The smallest absolute Gasteiger partial charge is 0.182 e. The van der Waals surface area contributed by atoms with Gasteiger partial charge in [0.25, 0.3) is 0 Å². The fourth-order valence-electron chi connectivity index (χ4n) is 1.79. The lowest BCUT2D eigenvalue weighted by Gasteiger charge is -2.26. The van der Waals surface area contributed by atoms with Crippen molar-refractivity contribution in [2.24, 2.45) is 0 Å². The van der Waals surface area contributed by atoms with Gasteiger partial charge in [-0.15, -0.1) is 0 Å². The van der Waals surface area contributed by atoms with Crippen molar-refractivity contribution in [3.05, 3.63) is 18.1 Å². The molecule has 6 nitrogen and oxygen atoms in total. The molecule has 6 heteroatoms. The van der Waals surface area contributed by atoms with E-state index in [9.17, 15) is 5.11 Å². The predicted molar refractivity (Wildman–Crippen MR) is 60.2 cm³/mol. The minimum atomic E-state index is -0.912. The molecule has 0 spiro atoms. The first kappa shape index (κ1) is 11.8. The molecule has 1 fully saturated rings. The summed E-state index contributed by atoms with van der Waals surface area (Å²) in [5.74, 6) is 0.391. The lowest BCUT2D eigenvalue weighted by atomic mass is 9.97. The molecule has 2 unspecified atom stereocenters. The Hall–Kier alpha value is -1.71. The SMILES string of the molecule is CC1OCCC1(O)CNc1nccnc1C#N. The highest BCUT2D eigenvalue weighted by Gasteiger charge is 2.39. The van der Waals surface area contributed by atoms with Crippen LogP contribution in [0.5, 0.6) is 0 Å². The van der Waals surface area contributed by atoms with Gasteiger partial charge in [0, 0.05) is 32.0 Å². The van der Waals surface area contributed by atoms with Gasteiger partial charge < -0.3 is 15.2 Å². The van der Waals surface area contributed by atoms with Crippen molar-refractivity contribution in [1.82, 2.24) is 9.97 Å². The number of nitriles is 1. The highest BCUT2D eigenvalue weighted by atomic mass is 16.5. The van der Waals surface area contributed by atoms with E-state index in [0.717, 1.165) is 0 Å². The molecular formula is C11H14N4O2. The Balaban J connectivity index is 2.05. The van der Waals surface area contributed by atoms with E-state index in [1.807, 2.05) is 13.0 Å². The first-order valence-electron chi connectivity index (χ1n) is 5.45. The van der Waals surface area contributed by atoms with Crippen molar-refractivity contribution in [3.8, 4) is 6.07 Å². The van der Waals surface area contributed by atoms with Gasteiger partial charge in [0.15, 0.2) is 11.5 Å². The average Bonchev–Trinajstić information content (AvgIpc) is 2.68. The van der Waals surface area contributed by atoms with E-state index in [-0.39, 0.29) is 11.8 Å². The maximum Gasteiger partial charge on any atom is 0.182 e. The van der Waals surface area contributed by atoms with Crippen molar-refractivity contribution in [2.75, 3.05) is 18.5 Å². The highest BCUT2D eigenvalue weighted by molar-refractivity contribution is 5.46. The van der Waals surface area contributed by atoms with Crippen molar-refractivity contribution in [1.29, 1.82) is 5.26 Å². The molecule has 1 saturated heterocycles. The molecule has 1 aromatic heterocycles. The molecule has 1 aliphatic rings. The fraction of sp³-hybridized carbons (Fsp3) is 0.545. The second kappa shape index (κ2) is 4.65. The maximum atomic E-state index is 10.3. The van der Waals surface area contributed by atoms with Gasteiger partial charge in [-0.1, -0.05) is 0 Å². The lowest BCUT2D eigenvalue weighted by molar-refractivity contribution is -0.0176.